The molecule has 1 aromatic heterocycles. The Morgan fingerprint density at radius 2 is 1.81 bits per heavy atom. The normalized spacial score (nSPS) is 16.3. The van der Waals surface area contributed by atoms with Gasteiger partial charge in [-0.3, -0.25) is 24.5 Å². The van der Waals surface area contributed by atoms with Crippen LogP contribution in [0.1, 0.15) is 5.69 Å². The molecule has 0 saturated carbocycles. The van der Waals surface area contributed by atoms with Gasteiger partial charge in [0.1, 0.15) is 5.57 Å². The maximum Gasteiger partial charge on any atom is 0.270 e. The number of nitrogens with one attached hydrogen (secondary N) is 1. The van der Waals surface area contributed by atoms with Crippen LogP contribution in [0.15, 0.2) is 54.1 Å². The van der Waals surface area contributed by atoms with Crippen molar-refractivity contribution in [2.45, 2.75) is 0 Å². The predicted octanol–water partition coefficient (Wildman–Crippen LogP) is 3.06. The molecule has 4 rings (SSSR count). The molecule has 2 aromatic carbocycles. The third kappa shape index (κ3) is 3.01. The summed E-state index contributed by atoms with van der Waals surface area (Å²) in [4.78, 5) is 26.8. The SMILES string of the molecule is Cn1nc2ccccc2c1/C=C1\C(=O)NC(=S)N(c2ccc(Cl)cc2)C1=O. The summed E-state index contributed by atoms with van der Waals surface area (Å²) in [6.45, 7) is 0. The number of rotatable bonds is 2. The Morgan fingerprint density at radius 3 is 2.56 bits per heavy atom. The molecule has 0 aliphatic carbocycles. The van der Waals surface area contributed by atoms with Gasteiger partial charge in [0.15, 0.2) is 5.11 Å². The van der Waals surface area contributed by atoms with Crippen LogP contribution in [0.5, 0.6) is 0 Å². The zero-order valence-electron chi connectivity index (χ0n) is 14.1. The molecule has 1 aliphatic heterocycles. The first kappa shape index (κ1) is 17.4. The van der Waals surface area contributed by atoms with Gasteiger partial charge >= 0.3 is 0 Å². The van der Waals surface area contributed by atoms with Crippen LogP contribution in [-0.2, 0) is 16.6 Å². The fourth-order valence-corrected chi connectivity index (χ4v) is 3.36. The maximum absolute atomic E-state index is 13.1. The van der Waals surface area contributed by atoms with Crippen LogP contribution >= 0.6 is 23.8 Å². The first-order valence-electron chi connectivity index (χ1n) is 8.04. The molecule has 1 fully saturated rings. The van der Waals surface area contributed by atoms with Gasteiger partial charge in [-0.25, -0.2) is 0 Å². The van der Waals surface area contributed by atoms with Crippen molar-refractivity contribution < 1.29 is 9.59 Å². The number of thiocarbonyl (C=S) groups is 1. The molecule has 0 bridgehead atoms. The average Bonchev–Trinajstić information content (AvgIpc) is 2.95. The average molecular weight is 397 g/mol. The smallest absolute Gasteiger partial charge is 0.270 e. The molecule has 0 unspecified atom stereocenters. The minimum Gasteiger partial charge on any atom is -0.298 e. The van der Waals surface area contributed by atoms with Gasteiger partial charge in [0.25, 0.3) is 11.8 Å². The van der Waals surface area contributed by atoms with E-state index in [1.807, 2.05) is 24.3 Å². The topological polar surface area (TPSA) is 67.2 Å². The van der Waals surface area contributed by atoms with Crippen molar-refractivity contribution in [2.24, 2.45) is 7.05 Å². The molecule has 8 heteroatoms. The number of carbonyl (C=O) groups is 2. The highest BCUT2D eigenvalue weighted by atomic mass is 35.5. The lowest BCUT2D eigenvalue weighted by Crippen LogP contribution is -2.54. The number of amides is 2. The molecule has 1 saturated heterocycles. The fourth-order valence-electron chi connectivity index (χ4n) is 2.96. The van der Waals surface area contributed by atoms with E-state index in [1.54, 1.807) is 36.0 Å². The van der Waals surface area contributed by atoms with Gasteiger partial charge in [-0.1, -0.05) is 29.8 Å². The van der Waals surface area contributed by atoms with Gasteiger partial charge in [-0.2, -0.15) is 5.10 Å². The third-order valence-electron chi connectivity index (χ3n) is 4.25. The second-order valence-electron chi connectivity index (χ2n) is 5.96. The lowest BCUT2D eigenvalue weighted by molar-refractivity contribution is -0.122. The molecule has 1 N–H and O–H groups in total. The molecular weight excluding hydrogens is 384 g/mol. The van der Waals surface area contributed by atoms with E-state index in [9.17, 15) is 9.59 Å². The fraction of sp³-hybridized carbons (Fsp3) is 0.0526. The quantitative estimate of drug-likeness (QED) is 0.410. The minimum absolute atomic E-state index is 0.0210. The van der Waals surface area contributed by atoms with Crippen molar-refractivity contribution >= 4 is 63.4 Å². The van der Waals surface area contributed by atoms with Crippen molar-refractivity contribution in [1.29, 1.82) is 0 Å². The van der Waals surface area contributed by atoms with Crippen LogP contribution in [0, 0.1) is 0 Å². The molecule has 0 spiro atoms. The van der Waals surface area contributed by atoms with E-state index in [2.05, 4.69) is 10.4 Å². The molecule has 134 valence electrons. The molecule has 1 aliphatic rings. The van der Waals surface area contributed by atoms with Crippen molar-refractivity contribution in [3.63, 3.8) is 0 Å². The molecule has 27 heavy (non-hydrogen) atoms. The second-order valence-corrected chi connectivity index (χ2v) is 6.78. The Balaban J connectivity index is 1.81. The molecule has 0 radical (unpaired) electrons. The van der Waals surface area contributed by atoms with Gasteiger partial charge in [-0.15, -0.1) is 0 Å². The first-order chi connectivity index (χ1) is 13.0. The van der Waals surface area contributed by atoms with Crippen molar-refractivity contribution in [3.05, 3.63) is 64.8 Å². The second kappa shape index (κ2) is 6.61. The zero-order valence-corrected chi connectivity index (χ0v) is 15.7. The lowest BCUT2D eigenvalue weighted by Gasteiger charge is -2.28. The summed E-state index contributed by atoms with van der Waals surface area (Å²) in [6.07, 6.45) is 1.54. The van der Waals surface area contributed by atoms with Crippen LogP contribution in [0.4, 0.5) is 5.69 Å². The molecule has 2 heterocycles. The van der Waals surface area contributed by atoms with E-state index in [1.165, 1.54) is 11.0 Å². The number of benzene rings is 2. The Morgan fingerprint density at radius 1 is 1.11 bits per heavy atom. The van der Waals surface area contributed by atoms with Gasteiger partial charge < -0.3 is 0 Å². The van der Waals surface area contributed by atoms with E-state index in [-0.39, 0.29) is 10.7 Å². The highest BCUT2D eigenvalue weighted by Crippen LogP contribution is 2.25. The number of anilines is 1. The summed E-state index contributed by atoms with van der Waals surface area (Å²) in [5.74, 6) is -1.04. The lowest BCUT2D eigenvalue weighted by atomic mass is 10.1. The monoisotopic (exact) mass is 396 g/mol. The first-order valence-corrected chi connectivity index (χ1v) is 8.83. The summed E-state index contributed by atoms with van der Waals surface area (Å²) in [5.41, 5.74) is 1.94. The number of halogens is 1. The Bertz CT molecular complexity index is 1130. The third-order valence-corrected chi connectivity index (χ3v) is 4.79. The summed E-state index contributed by atoms with van der Waals surface area (Å²) in [5, 5.41) is 8.39. The van der Waals surface area contributed by atoms with Gasteiger partial charge in [0, 0.05) is 17.5 Å². The van der Waals surface area contributed by atoms with Crippen molar-refractivity contribution in [3.8, 4) is 0 Å². The number of carbonyl (C=O) groups excluding carboxylic acids is 2. The molecule has 0 atom stereocenters. The number of aromatic nitrogens is 2. The summed E-state index contributed by atoms with van der Waals surface area (Å²) in [6, 6.07) is 14.2. The van der Waals surface area contributed by atoms with Gasteiger partial charge in [0.2, 0.25) is 0 Å². The molecular formula is C19H13ClN4O2S. The highest BCUT2D eigenvalue weighted by Gasteiger charge is 2.34. The van der Waals surface area contributed by atoms with Crippen LogP contribution < -0.4 is 10.2 Å². The largest absolute Gasteiger partial charge is 0.298 e. The number of hydrogen-bond donors (Lipinski definition) is 1. The van der Waals surface area contributed by atoms with Gasteiger partial charge in [-0.05, 0) is 48.6 Å². The van der Waals surface area contributed by atoms with Crippen LogP contribution in [0.3, 0.4) is 0 Å². The zero-order chi connectivity index (χ0) is 19.1. The van der Waals surface area contributed by atoms with Crippen molar-refractivity contribution in [1.82, 2.24) is 15.1 Å². The number of hydrogen-bond acceptors (Lipinski definition) is 4. The Kier molecular flexibility index (Phi) is 4.25. The van der Waals surface area contributed by atoms with E-state index in [4.69, 9.17) is 23.8 Å². The number of nitrogens with zero attached hydrogens (tertiary/aromatic N) is 3. The predicted molar refractivity (Wildman–Crippen MR) is 108 cm³/mol. The minimum atomic E-state index is -0.541. The Hall–Kier alpha value is -3.03. The summed E-state index contributed by atoms with van der Waals surface area (Å²) < 4.78 is 1.64. The van der Waals surface area contributed by atoms with Crippen LogP contribution in [0.25, 0.3) is 17.0 Å². The summed E-state index contributed by atoms with van der Waals surface area (Å²) in [7, 11) is 1.76. The van der Waals surface area contributed by atoms with Crippen LogP contribution in [-0.4, -0.2) is 26.7 Å². The molecule has 6 nitrogen and oxygen atoms in total. The van der Waals surface area contributed by atoms with E-state index >= 15 is 0 Å². The number of fused-ring (bicyclic) bond motifs is 1. The van der Waals surface area contributed by atoms with E-state index in [0.717, 1.165) is 10.9 Å². The van der Waals surface area contributed by atoms with E-state index < -0.39 is 11.8 Å². The highest BCUT2D eigenvalue weighted by molar-refractivity contribution is 7.80. The van der Waals surface area contributed by atoms with Gasteiger partial charge in [0.05, 0.1) is 16.9 Å². The van der Waals surface area contributed by atoms with Crippen molar-refractivity contribution in [2.75, 3.05) is 4.90 Å². The maximum atomic E-state index is 13.1. The molecule has 2 amide bonds. The molecule has 3 aromatic rings. The van der Waals surface area contributed by atoms with E-state index in [0.29, 0.717) is 16.4 Å². The number of aryl methyl sites for hydroxylation is 1. The van der Waals surface area contributed by atoms with Crippen LogP contribution in [0.2, 0.25) is 5.02 Å². The summed E-state index contributed by atoms with van der Waals surface area (Å²) >= 11 is 11.1. The Labute approximate surface area is 165 Å². The standard InChI is InChI=1S/C19H13ClN4O2S/c1-23-16(13-4-2-3-5-15(13)22-23)10-14-17(25)21-19(27)24(18(14)26)12-8-6-11(20)7-9-12/h2-10H,1H3,(H,21,25,27)/b14-10+.